The lowest BCUT2D eigenvalue weighted by Crippen LogP contribution is -2.50. The maximum Gasteiger partial charge on any atom is 0.435 e. The van der Waals surface area contributed by atoms with Gasteiger partial charge in [0.2, 0.25) is 0 Å². The number of nitrogens with zero attached hydrogens (tertiary/aromatic N) is 8. The van der Waals surface area contributed by atoms with Crippen LogP contribution in [0.25, 0.3) is 0 Å². The highest BCUT2D eigenvalue weighted by Crippen LogP contribution is 2.32. The Morgan fingerprint density at radius 1 is 0.630 bits per heavy atom. The number of ether oxygens (including phenoxy) is 2. The summed E-state index contributed by atoms with van der Waals surface area (Å²) < 4.78 is 10.3. The van der Waals surface area contributed by atoms with Gasteiger partial charge in [-0.05, 0) is 105 Å². The smallest absolute Gasteiger partial charge is 0.435 e. The number of aliphatic carboxylic acids is 1. The third kappa shape index (κ3) is 16.0. The maximum absolute atomic E-state index is 12.9. The number of hydroxylamine groups is 5. The van der Waals surface area contributed by atoms with E-state index >= 15 is 0 Å². The van der Waals surface area contributed by atoms with Gasteiger partial charge in [-0.3, -0.25) is 24.1 Å². The fraction of sp³-hybridized carbons (Fsp3) is 0.600. The van der Waals surface area contributed by atoms with Gasteiger partial charge in [0, 0.05) is 39.3 Å². The van der Waals surface area contributed by atoms with Crippen molar-refractivity contribution in [3.63, 3.8) is 0 Å². The summed E-state index contributed by atoms with van der Waals surface area (Å²) in [4.78, 5) is 109. The van der Waals surface area contributed by atoms with E-state index in [1.54, 1.807) is 39.5 Å². The first-order chi connectivity index (χ1) is 34.6. The molecule has 7 amide bonds. The Morgan fingerprint density at radius 3 is 1.48 bits per heavy atom. The van der Waals surface area contributed by atoms with Gasteiger partial charge in [-0.1, -0.05) is 60.7 Å². The number of aliphatic imine (C=N–C) groups is 2. The Bertz CT molecular complexity index is 2290. The summed E-state index contributed by atoms with van der Waals surface area (Å²) in [6.45, 7) is 18.4. The number of benzene rings is 2. The Morgan fingerprint density at radius 2 is 1.05 bits per heavy atom. The zero-order chi connectivity index (χ0) is 53.0. The quantitative estimate of drug-likeness (QED) is 0.140. The average molecular weight is 1020 g/mol. The first-order valence-corrected chi connectivity index (χ1v) is 24.7. The molecule has 0 unspecified atom stereocenters. The summed E-state index contributed by atoms with van der Waals surface area (Å²) >= 11 is 0. The molecule has 4 N–H and O–H groups in total. The number of hydrogen-bond donors (Lipinski definition) is 3. The summed E-state index contributed by atoms with van der Waals surface area (Å²) in [5.41, 5.74) is 3.38. The van der Waals surface area contributed by atoms with Gasteiger partial charge in [0.05, 0.1) is 18.2 Å². The van der Waals surface area contributed by atoms with Crippen molar-refractivity contribution < 1.29 is 62.7 Å². The third-order valence-electron chi connectivity index (χ3n) is 12.7. The van der Waals surface area contributed by atoms with Crippen LogP contribution in [0.4, 0.5) is 19.2 Å². The summed E-state index contributed by atoms with van der Waals surface area (Å²) in [5.74, 6) is 5.01. The standard InChI is InChI=1S/C25H35N5O6.C14H16N2O4.C11H21N3O3/c1-17(26-23(32)35-25(2,3)4)28-13-12-20(15-28)36-27-22(31)21-11-10-19-14-29(21)24(33)30(19)34-16-18-8-6-5-7-9-18;17-13(18)12-7-6-11-8-15(12)14(19)16(11)20-9-10-4-2-1-3-5-10;1-8(13-10(15)16-11(2,3)4)14-6-5-9(7-14)17-12/h5-9,19-21H,10-16H2,1-4H3,(H,27,31);1-5,11-12H,6-9H2,(H,17,18);9H,5-7,12H2,1-4H3/t19-,20+,21+;11-,12+;9-/m110/s1. The highest BCUT2D eigenvalue weighted by molar-refractivity contribution is 5.91. The van der Waals surface area contributed by atoms with Crippen LogP contribution in [0.5, 0.6) is 0 Å². The van der Waals surface area contributed by atoms with Gasteiger partial charge in [-0.2, -0.15) is 20.1 Å². The van der Waals surface area contributed by atoms with Crippen molar-refractivity contribution in [2.24, 2.45) is 15.9 Å². The lowest BCUT2D eigenvalue weighted by atomic mass is 10.0. The predicted molar refractivity (Wildman–Crippen MR) is 265 cm³/mol. The molecule has 23 nitrogen and oxygen atoms in total. The van der Waals surface area contributed by atoms with Crippen LogP contribution < -0.4 is 11.4 Å². The molecule has 0 radical (unpaired) electrons. The minimum absolute atomic E-state index is 0.0128. The summed E-state index contributed by atoms with van der Waals surface area (Å²) in [7, 11) is 0. The maximum atomic E-state index is 12.9. The molecule has 6 atom stereocenters. The molecule has 8 rings (SSSR count). The number of carbonyl (C=O) groups excluding carboxylic acids is 5. The monoisotopic (exact) mass is 1020 g/mol. The molecule has 0 aromatic heterocycles. The number of likely N-dealkylation sites (tertiary alicyclic amines) is 2. The molecule has 400 valence electrons. The summed E-state index contributed by atoms with van der Waals surface area (Å²) in [5, 5.41) is 11.9. The van der Waals surface area contributed by atoms with E-state index < -0.39 is 41.4 Å². The van der Waals surface area contributed by atoms with E-state index in [0.717, 1.165) is 24.1 Å². The van der Waals surface area contributed by atoms with Crippen LogP contribution in [0.1, 0.15) is 105 Å². The van der Waals surface area contributed by atoms with Crippen LogP contribution in [0, 0.1) is 0 Å². The molecule has 0 saturated carbocycles. The largest absolute Gasteiger partial charge is 0.480 e. The van der Waals surface area contributed by atoms with Gasteiger partial charge in [0.25, 0.3) is 5.91 Å². The zero-order valence-electron chi connectivity index (χ0n) is 43.1. The molecule has 6 aliphatic rings. The SMILES string of the molecule is CC(=NC(=O)OC(C)(C)C)N1CC[C@H](ON)C1.CC(=NC(=O)OC(C)(C)C)N1CC[C@H](ONC(=O)[C@@H]2CC[C@@H]3CN2C(=O)N3OCc2ccccc2)C1.O=C(O)[C@@H]1CC[C@@H]2CN1C(=O)N2OCc1ccccc1. The second-order valence-electron chi connectivity index (χ2n) is 20.6. The fourth-order valence-electron chi connectivity index (χ4n) is 9.00. The van der Waals surface area contributed by atoms with Crippen molar-refractivity contribution in [1.29, 1.82) is 0 Å². The van der Waals surface area contributed by atoms with E-state index in [9.17, 15) is 28.8 Å². The molecular weight excluding hydrogens is 949 g/mol. The highest BCUT2D eigenvalue weighted by Gasteiger charge is 2.49. The number of amides is 7. The Kier molecular flexibility index (Phi) is 19.2. The molecule has 6 fully saturated rings. The van der Waals surface area contributed by atoms with Crippen LogP contribution in [0.3, 0.4) is 0 Å². The molecule has 0 aliphatic carbocycles. The van der Waals surface area contributed by atoms with E-state index in [4.69, 9.17) is 39.8 Å². The predicted octanol–water partition coefficient (Wildman–Crippen LogP) is 5.64. The fourth-order valence-corrected chi connectivity index (χ4v) is 9.00. The topological polar surface area (TPSA) is 260 Å². The van der Waals surface area contributed by atoms with Crippen LogP contribution in [0.15, 0.2) is 70.6 Å². The average Bonchev–Trinajstić information content (AvgIpc) is 4.12. The second kappa shape index (κ2) is 25.0. The van der Waals surface area contributed by atoms with Gasteiger partial charge in [-0.25, -0.2) is 35.3 Å². The minimum atomic E-state index is -0.943. The number of urea groups is 2. The van der Waals surface area contributed by atoms with E-state index in [1.165, 1.54) is 15.0 Å². The Labute approximate surface area is 426 Å². The number of piperidine rings is 2. The van der Waals surface area contributed by atoms with E-state index in [2.05, 4.69) is 15.5 Å². The third-order valence-corrected chi connectivity index (χ3v) is 12.7. The molecule has 23 heteroatoms. The van der Waals surface area contributed by atoms with Crippen LogP contribution in [0.2, 0.25) is 0 Å². The van der Waals surface area contributed by atoms with Crippen molar-refractivity contribution in [2.75, 3.05) is 39.3 Å². The van der Waals surface area contributed by atoms with E-state index in [0.29, 0.717) is 89.7 Å². The molecule has 2 aromatic carbocycles. The number of nitrogens with one attached hydrogen (secondary N) is 1. The second-order valence-corrected chi connectivity index (χ2v) is 20.6. The normalized spacial score (nSPS) is 24.0. The van der Waals surface area contributed by atoms with Gasteiger partial charge < -0.3 is 34.2 Å². The van der Waals surface area contributed by atoms with Crippen molar-refractivity contribution in [2.45, 2.75) is 155 Å². The zero-order valence-corrected chi connectivity index (χ0v) is 43.1. The van der Waals surface area contributed by atoms with E-state index in [1.807, 2.05) is 91.2 Å². The number of amidine groups is 2. The molecule has 73 heavy (non-hydrogen) atoms. The lowest BCUT2D eigenvalue weighted by molar-refractivity contribution is -0.144. The Hall–Kier alpha value is -6.40. The lowest BCUT2D eigenvalue weighted by Gasteiger charge is -2.29. The Balaban J connectivity index is 0.000000198. The molecule has 4 bridgehead atoms. The molecule has 0 spiro atoms. The summed E-state index contributed by atoms with van der Waals surface area (Å²) in [6, 6.07) is 17.2. The minimum Gasteiger partial charge on any atom is -0.480 e. The van der Waals surface area contributed by atoms with Crippen molar-refractivity contribution >= 4 is 47.8 Å². The highest BCUT2D eigenvalue weighted by atomic mass is 16.7. The van der Waals surface area contributed by atoms with Crippen LogP contribution in [-0.4, -0.2) is 169 Å². The van der Waals surface area contributed by atoms with Crippen molar-refractivity contribution in [1.82, 2.24) is 35.2 Å². The number of carbonyl (C=O) groups is 6. The van der Waals surface area contributed by atoms with Gasteiger partial charge in [-0.15, -0.1) is 0 Å². The first-order valence-electron chi connectivity index (χ1n) is 24.7. The van der Waals surface area contributed by atoms with Crippen molar-refractivity contribution in [3.8, 4) is 0 Å². The molecule has 6 saturated heterocycles. The van der Waals surface area contributed by atoms with Crippen LogP contribution in [-0.2, 0) is 51.6 Å². The number of hydrogen-bond acceptors (Lipinski definition) is 13. The van der Waals surface area contributed by atoms with Crippen molar-refractivity contribution in [3.05, 3.63) is 71.8 Å². The molecule has 6 aliphatic heterocycles. The molecular formula is C50H72N10O13. The number of fused-ring (bicyclic) bond motifs is 4. The van der Waals surface area contributed by atoms with Gasteiger partial charge in [0.15, 0.2) is 0 Å². The van der Waals surface area contributed by atoms with Gasteiger partial charge in [0.1, 0.15) is 54.3 Å². The number of carboxylic acids is 1. The number of carboxylic acid groups (broad SMARTS) is 1. The van der Waals surface area contributed by atoms with E-state index in [-0.39, 0.29) is 42.3 Å². The molecule has 2 aromatic rings. The van der Waals surface area contributed by atoms with Gasteiger partial charge >= 0.3 is 30.2 Å². The summed E-state index contributed by atoms with van der Waals surface area (Å²) in [6.07, 6.45) is 2.42. The number of rotatable bonds is 11. The number of nitrogens with two attached hydrogens (primary N) is 1. The molecule has 6 heterocycles. The first kappa shape index (κ1) is 55.9. The van der Waals surface area contributed by atoms with Crippen LogP contribution >= 0.6 is 0 Å².